The van der Waals surface area contributed by atoms with E-state index in [4.69, 9.17) is 0 Å². The largest absolute Gasteiger partial charge is 0.288 e. The van der Waals surface area contributed by atoms with Crippen LogP contribution in [0.5, 0.6) is 0 Å². The highest BCUT2D eigenvalue weighted by atomic mass is 35.5. The molecule has 0 rings (SSSR count). The van der Waals surface area contributed by atoms with E-state index in [1.165, 1.54) is 0 Å². The van der Waals surface area contributed by atoms with Gasteiger partial charge in [0, 0.05) is 0 Å². The van der Waals surface area contributed by atoms with Crippen LogP contribution in [0.2, 0.25) is 0 Å². The average Bonchev–Trinajstić information content (AvgIpc) is 1.27. The van der Waals surface area contributed by atoms with Gasteiger partial charge >= 0.3 is 0 Å². The molecule has 0 saturated heterocycles. The minimum absolute atomic E-state index is 2.16. The second-order valence-electron chi connectivity index (χ2n) is 0.657. The molecule has 0 radical (unpaired) electrons. The van der Waals surface area contributed by atoms with E-state index in [1.807, 2.05) is 0 Å². The third-order valence-corrected chi connectivity index (χ3v) is 0.411. The normalized spacial score (nSPS) is 18.9. The molecule has 0 aromatic heterocycles. The molecular formula is C2H2Cl2F2O. The lowest BCUT2D eigenvalue weighted by Gasteiger charge is -1.98. The Labute approximate surface area is 49.2 Å². The van der Waals surface area contributed by atoms with Gasteiger partial charge in [0.25, 0.3) is 11.6 Å². The monoisotopic (exact) mass is 150 g/mol. The van der Waals surface area contributed by atoms with E-state index in [0.717, 1.165) is 0 Å². The molecule has 0 aromatic rings. The second kappa shape index (κ2) is 3.41. The molecule has 44 valence electrons. The first-order chi connectivity index (χ1) is 3.13. The lowest BCUT2D eigenvalue weighted by Crippen LogP contribution is -2.01. The maximum Gasteiger partial charge on any atom is 0.279 e. The first kappa shape index (κ1) is 7.40. The highest BCUT2D eigenvalue weighted by Crippen LogP contribution is 2.07. The summed E-state index contributed by atoms with van der Waals surface area (Å²) in [5, 5.41) is 0. The standard InChI is InChI=1S/C2H2Cl2F2O/c3-1(5)7-2(4)6/h1-2H. The fourth-order valence-electron chi connectivity index (χ4n) is 0.0778. The molecule has 0 bridgehead atoms. The molecule has 2 unspecified atom stereocenters. The number of alkyl halides is 4. The smallest absolute Gasteiger partial charge is 0.279 e. The Morgan fingerprint density at radius 2 is 1.43 bits per heavy atom. The Morgan fingerprint density at radius 1 is 1.14 bits per heavy atom. The minimum Gasteiger partial charge on any atom is -0.288 e. The summed E-state index contributed by atoms with van der Waals surface area (Å²) < 4.78 is 25.8. The van der Waals surface area contributed by atoms with E-state index in [-0.39, 0.29) is 0 Å². The summed E-state index contributed by atoms with van der Waals surface area (Å²) in [6.45, 7) is 0. The molecule has 2 atom stereocenters. The maximum absolute atomic E-state index is 11.2. The fourth-order valence-corrected chi connectivity index (χ4v) is 0.311. The molecular weight excluding hydrogens is 149 g/mol. The van der Waals surface area contributed by atoms with Crippen molar-refractivity contribution in [3.63, 3.8) is 0 Å². The Hall–Kier alpha value is 0.400. The van der Waals surface area contributed by atoms with Crippen LogP contribution in [-0.4, -0.2) is 11.6 Å². The van der Waals surface area contributed by atoms with Crippen molar-refractivity contribution in [1.29, 1.82) is 0 Å². The van der Waals surface area contributed by atoms with Gasteiger partial charge in [-0.3, -0.25) is 4.74 Å². The molecule has 5 heteroatoms. The Morgan fingerprint density at radius 3 is 1.43 bits per heavy atom. The van der Waals surface area contributed by atoms with Crippen molar-refractivity contribution >= 4 is 23.2 Å². The third kappa shape index (κ3) is 6.40. The van der Waals surface area contributed by atoms with Gasteiger partial charge in [-0.2, -0.15) is 8.78 Å². The van der Waals surface area contributed by atoms with Crippen LogP contribution in [0.1, 0.15) is 0 Å². The summed E-state index contributed by atoms with van der Waals surface area (Å²) in [4.78, 5) is 0. The Bertz CT molecular complexity index is 43.0. The van der Waals surface area contributed by atoms with Gasteiger partial charge in [0.15, 0.2) is 0 Å². The van der Waals surface area contributed by atoms with E-state index in [0.29, 0.717) is 0 Å². The van der Waals surface area contributed by atoms with Gasteiger partial charge in [0.05, 0.1) is 0 Å². The van der Waals surface area contributed by atoms with E-state index in [9.17, 15) is 8.78 Å². The molecule has 0 saturated carbocycles. The number of hydrogen-bond acceptors (Lipinski definition) is 1. The van der Waals surface area contributed by atoms with Gasteiger partial charge < -0.3 is 0 Å². The molecule has 0 aliphatic heterocycles. The van der Waals surface area contributed by atoms with Crippen LogP contribution in [0.4, 0.5) is 8.78 Å². The van der Waals surface area contributed by atoms with Crippen LogP contribution in [0.25, 0.3) is 0 Å². The number of hydrogen-bond donors (Lipinski definition) is 0. The molecule has 0 N–H and O–H groups in total. The number of ether oxygens (including phenoxy) is 1. The quantitative estimate of drug-likeness (QED) is 0.548. The Kier molecular flexibility index (Phi) is 3.60. The van der Waals surface area contributed by atoms with Gasteiger partial charge in [-0.15, -0.1) is 0 Å². The number of rotatable bonds is 2. The molecule has 0 amide bonds. The number of halogens is 4. The predicted molar refractivity (Wildman–Crippen MR) is 22.6 cm³/mol. The van der Waals surface area contributed by atoms with E-state index < -0.39 is 11.6 Å². The van der Waals surface area contributed by atoms with E-state index in [1.54, 1.807) is 0 Å². The van der Waals surface area contributed by atoms with Crippen LogP contribution >= 0.6 is 23.2 Å². The second-order valence-corrected chi connectivity index (χ2v) is 1.34. The third-order valence-electron chi connectivity index (χ3n) is 0.206. The van der Waals surface area contributed by atoms with Crippen molar-refractivity contribution in [3.8, 4) is 0 Å². The molecule has 0 fully saturated rings. The van der Waals surface area contributed by atoms with Crippen LogP contribution < -0.4 is 0 Å². The van der Waals surface area contributed by atoms with E-state index >= 15 is 0 Å². The minimum atomic E-state index is -2.16. The lowest BCUT2D eigenvalue weighted by atomic mass is 11.4. The van der Waals surface area contributed by atoms with Gasteiger partial charge in [-0.1, -0.05) is 23.2 Å². The lowest BCUT2D eigenvalue weighted by molar-refractivity contribution is -0.0531. The summed E-state index contributed by atoms with van der Waals surface area (Å²) in [5.41, 5.74) is 0. The van der Waals surface area contributed by atoms with Gasteiger partial charge in [-0.25, -0.2) is 0 Å². The summed E-state index contributed by atoms with van der Waals surface area (Å²) >= 11 is 8.92. The van der Waals surface area contributed by atoms with Crippen LogP contribution in [0.3, 0.4) is 0 Å². The van der Waals surface area contributed by atoms with E-state index in [2.05, 4.69) is 27.9 Å². The van der Waals surface area contributed by atoms with Gasteiger partial charge in [0.2, 0.25) is 0 Å². The highest BCUT2D eigenvalue weighted by Gasteiger charge is 2.06. The Balaban J connectivity index is 2.95. The van der Waals surface area contributed by atoms with Crippen molar-refractivity contribution in [2.24, 2.45) is 0 Å². The molecule has 0 heterocycles. The first-order valence-electron chi connectivity index (χ1n) is 1.34. The molecule has 1 nitrogen and oxygen atoms in total. The van der Waals surface area contributed by atoms with Crippen LogP contribution in [0, 0.1) is 0 Å². The summed E-state index contributed by atoms with van der Waals surface area (Å²) in [5.74, 6) is -4.32. The average molecular weight is 151 g/mol. The van der Waals surface area contributed by atoms with Crippen LogP contribution in [-0.2, 0) is 4.74 Å². The molecule has 0 spiro atoms. The summed E-state index contributed by atoms with van der Waals surface area (Å²) in [7, 11) is 0. The zero-order chi connectivity index (χ0) is 5.86. The summed E-state index contributed by atoms with van der Waals surface area (Å²) in [6, 6.07) is 0. The van der Waals surface area contributed by atoms with Crippen molar-refractivity contribution in [1.82, 2.24) is 0 Å². The SMILES string of the molecule is FC(Cl)OC(F)Cl. The zero-order valence-corrected chi connectivity index (χ0v) is 4.59. The summed E-state index contributed by atoms with van der Waals surface area (Å²) in [6.07, 6.45) is 0. The predicted octanol–water partition coefficient (Wildman–Crippen LogP) is 1.99. The highest BCUT2D eigenvalue weighted by molar-refractivity contribution is 6.20. The van der Waals surface area contributed by atoms with Gasteiger partial charge in [0.1, 0.15) is 0 Å². The topological polar surface area (TPSA) is 9.23 Å². The first-order valence-corrected chi connectivity index (χ1v) is 2.22. The van der Waals surface area contributed by atoms with Crippen molar-refractivity contribution < 1.29 is 13.5 Å². The maximum atomic E-state index is 11.2. The van der Waals surface area contributed by atoms with Crippen LogP contribution in [0.15, 0.2) is 0 Å². The molecule has 7 heavy (non-hydrogen) atoms. The van der Waals surface area contributed by atoms with Crippen molar-refractivity contribution in [3.05, 3.63) is 0 Å². The van der Waals surface area contributed by atoms with Crippen molar-refractivity contribution in [2.45, 2.75) is 11.6 Å². The van der Waals surface area contributed by atoms with Crippen molar-refractivity contribution in [2.75, 3.05) is 0 Å². The molecule has 0 aliphatic rings. The van der Waals surface area contributed by atoms with Gasteiger partial charge in [-0.05, 0) is 0 Å². The fraction of sp³-hybridized carbons (Fsp3) is 1.00. The zero-order valence-electron chi connectivity index (χ0n) is 3.07. The molecule has 0 aromatic carbocycles. The molecule has 0 aliphatic carbocycles.